The first-order chi connectivity index (χ1) is 9.15. The highest BCUT2D eigenvalue weighted by molar-refractivity contribution is 4.97. The van der Waals surface area contributed by atoms with Crippen molar-refractivity contribution < 1.29 is 0 Å². The quantitative estimate of drug-likeness (QED) is 0.841. The molecular weight excluding hydrogens is 232 g/mol. The zero-order valence-electron chi connectivity index (χ0n) is 13.1. The Bertz CT molecular complexity index is 290. The second-order valence-electron chi connectivity index (χ2n) is 7.77. The van der Waals surface area contributed by atoms with Crippen molar-refractivity contribution in [3.8, 4) is 0 Å². The lowest BCUT2D eigenvalue weighted by Gasteiger charge is -2.48. The van der Waals surface area contributed by atoms with E-state index in [2.05, 4.69) is 31.0 Å². The highest BCUT2D eigenvalue weighted by atomic mass is 15.3. The van der Waals surface area contributed by atoms with Crippen molar-refractivity contribution in [1.29, 1.82) is 0 Å². The normalized spacial score (nSPS) is 41.7. The van der Waals surface area contributed by atoms with Crippen molar-refractivity contribution in [2.45, 2.75) is 77.4 Å². The Morgan fingerprint density at radius 3 is 2.26 bits per heavy atom. The SMILES string of the molecule is CC1CCC(N2CC(C3CC3)NCC2C(C)C)CC1. The highest BCUT2D eigenvalue weighted by Gasteiger charge is 2.40. The summed E-state index contributed by atoms with van der Waals surface area (Å²) in [6.45, 7) is 9.79. The summed E-state index contributed by atoms with van der Waals surface area (Å²) in [5.41, 5.74) is 0. The van der Waals surface area contributed by atoms with Crippen LogP contribution in [0.2, 0.25) is 0 Å². The molecule has 3 rings (SSSR count). The van der Waals surface area contributed by atoms with Gasteiger partial charge < -0.3 is 5.32 Å². The standard InChI is InChI=1S/C17H32N2/c1-12(2)17-10-18-16(14-6-7-14)11-19(17)15-8-4-13(3)5-9-15/h12-18H,4-11H2,1-3H3. The van der Waals surface area contributed by atoms with Crippen LogP contribution in [0.1, 0.15) is 59.3 Å². The Labute approximate surface area is 119 Å². The Kier molecular flexibility index (Phi) is 4.19. The fourth-order valence-electron chi connectivity index (χ4n) is 4.24. The lowest BCUT2D eigenvalue weighted by molar-refractivity contribution is 0.0295. The molecule has 3 aliphatic rings. The fraction of sp³-hybridized carbons (Fsp3) is 1.00. The largest absolute Gasteiger partial charge is 0.311 e. The Morgan fingerprint density at radius 2 is 1.68 bits per heavy atom. The van der Waals surface area contributed by atoms with E-state index in [1.807, 2.05) is 0 Å². The predicted molar refractivity (Wildman–Crippen MR) is 81.3 cm³/mol. The van der Waals surface area contributed by atoms with Gasteiger partial charge in [-0.05, 0) is 56.3 Å². The van der Waals surface area contributed by atoms with Crippen LogP contribution in [0.4, 0.5) is 0 Å². The molecule has 1 aliphatic heterocycles. The van der Waals surface area contributed by atoms with Crippen LogP contribution in [0, 0.1) is 17.8 Å². The van der Waals surface area contributed by atoms with Gasteiger partial charge in [0, 0.05) is 31.2 Å². The van der Waals surface area contributed by atoms with Gasteiger partial charge in [0.15, 0.2) is 0 Å². The molecule has 1 N–H and O–H groups in total. The van der Waals surface area contributed by atoms with Gasteiger partial charge in [0.25, 0.3) is 0 Å². The lowest BCUT2D eigenvalue weighted by atomic mass is 9.84. The van der Waals surface area contributed by atoms with Gasteiger partial charge in [-0.3, -0.25) is 4.90 Å². The molecule has 2 nitrogen and oxygen atoms in total. The second-order valence-corrected chi connectivity index (χ2v) is 7.77. The molecule has 2 saturated carbocycles. The molecule has 2 unspecified atom stereocenters. The zero-order chi connectivity index (χ0) is 13.4. The maximum absolute atomic E-state index is 3.85. The first kappa shape index (κ1) is 13.9. The van der Waals surface area contributed by atoms with E-state index in [9.17, 15) is 0 Å². The summed E-state index contributed by atoms with van der Waals surface area (Å²) in [5, 5.41) is 3.85. The van der Waals surface area contributed by atoms with Gasteiger partial charge in [0.05, 0.1) is 0 Å². The van der Waals surface area contributed by atoms with Gasteiger partial charge in [-0.1, -0.05) is 20.8 Å². The Balaban J connectivity index is 1.65. The summed E-state index contributed by atoms with van der Waals surface area (Å²) in [5.74, 6) is 2.75. The van der Waals surface area contributed by atoms with Crippen molar-refractivity contribution >= 4 is 0 Å². The lowest BCUT2D eigenvalue weighted by Crippen LogP contribution is -2.62. The van der Waals surface area contributed by atoms with E-state index in [4.69, 9.17) is 0 Å². The number of hydrogen-bond donors (Lipinski definition) is 1. The van der Waals surface area contributed by atoms with Crippen LogP contribution < -0.4 is 5.32 Å². The van der Waals surface area contributed by atoms with Crippen LogP contribution in [0.15, 0.2) is 0 Å². The molecule has 0 radical (unpaired) electrons. The molecule has 0 aromatic carbocycles. The number of nitrogens with zero attached hydrogens (tertiary/aromatic N) is 1. The zero-order valence-corrected chi connectivity index (χ0v) is 13.1. The van der Waals surface area contributed by atoms with Crippen molar-refractivity contribution in [3.63, 3.8) is 0 Å². The first-order valence-electron chi connectivity index (χ1n) is 8.64. The topological polar surface area (TPSA) is 15.3 Å². The predicted octanol–water partition coefficient (Wildman–Crippen LogP) is 3.27. The van der Waals surface area contributed by atoms with Gasteiger partial charge in [-0.25, -0.2) is 0 Å². The average molecular weight is 264 g/mol. The van der Waals surface area contributed by atoms with E-state index in [0.29, 0.717) is 0 Å². The van der Waals surface area contributed by atoms with Crippen LogP contribution >= 0.6 is 0 Å². The van der Waals surface area contributed by atoms with Crippen molar-refractivity contribution in [1.82, 2.24) is 10.2 Å². The molecule has 2 heteroatoms. The molecule has 0 aromatic heterocycles. The molecule has 0 amide bonds. The van der Waals surface area contributed by atoms with Crippen LogP contribution in [-0.2, 0) is 0 Å². The maximum atomic E-state index is 3.85. The summed E-state index contributed by atoms with van der Waals surface area (Å²) >= 11 is 0. The van der Waals surface area contributed by atoms with E-state index < -0.39 is 0 Å². The summed E-state index contributed by atoms with van der Waals surface area (Å²) in [4.78, 5) is 2.91. The van der Waals surface area contributed by atoms with E-state index in [-0.39, 0.29) is 0 Å². The number of hydrogen-bond acceptors (Lipinski definition) is 2. The van der Waals surface area contributed by atoms with Crippen molar-refractivity contribution in [2.75, 3.05) is 13.1 Å². The van der Waals surface area contributed by atoms with Crippen molar-refractivity contribution in [3.05, 3.63) is 0 Å². The Morgan fingerprint density at radius 1 is 1.00 bits per heavy atom. The third-order valence-electron chi connectivity index (χ3n) is 5.84. The number of piperazine rings is 1. The first-order valence-corrected chi connectivity index (χ1v) is 8.64. The molecule has 0 aromatic rings. The highest BCUT2D eigenvalue weighted by Crippen LogP contribution is 2.37. The second kappa shape index (κ2) is 5.73. The number of rotatable bonds is 3. The molecule has 0 bridgehead atoms. The molecule has 110 valence electrons. The molecule has 0 spiro atoms. The van der Waals surface area contributed by atoms with Gasteiger partial charge in [0.2, 0.25) is 0 Å². The molecule has 2 atom stereocenters. The number of nitrogens with one attached hydrogen (secondary N) is 1. The average Bonchev–Trinajstić information content (AvgIpc) is 3.23. The molecule has 19 heavy (non-hydrogen) atoms. The van der Waals surface area contributed by atoms with Crippen LogP contribution in [0.5, 0.6) is 0 Å². The summed E-state index contributed by atoms with van der Waals surface area (Å²) < 4.78 is 0. The summed E-state index contributed by atoms with van der Waals surface area (Å²) in [6.07, 6.45) is 8.74. The van der Waals surface area contributed by atoms with Crippen LogP contribution in [0.3, 0.4) is 0 Å². The molecule has 1 saturated heterocycles. The molecule has 2 aliphatic carbocycles. The van der Waals surface area contributed by atoms with E-state index in [1.54, 1.807) is 0 Å². The van der Waals surface area contributed by atoms with E-state index >= 15 is 0 Å². The van der Waals surface area contributed by atoms with Crippen molar-refractivity contribution in [2.24, 2.45) is 17.8 Å². The van der Waals surface area contributed by atoms with Gasteiger partial charge in [0.1, 0.15) is 0 Å². The minimum absolute atomic E-state index is 0.772. The van der Waals surface area contributed by atoms with Gasteiger partial charge in [-0.2, -0.15) is 0 Å². The summed E-state index contributed by atoms with van der Waals surface area (Å²) in [7, 11) is 0. The minimum atomic E-state index is 0.772. The maximum Gasteiger partial charge on any atom is 0.0247 e. The third kappa shape index (κ3) is 3.16. The molecule has 3 fully saturated rings. The molecule has 1 heterocycles. The third-order valence-corrected chi connectivity index (χ3v) is 5.84. The minimum Gasteiger partial charge on any atom is -0.311 e. The monoisotopic (exact) mass is 264 g/mol. The Hall–Kier alpha value is -0.0800. The van der Waals surface area contributed by atoms with Crippen LogP contribution in [0.25, 0.3) is 0 Å². The molecular formula is C17H32N2. The fourth-order valence-corrected chi connectivity index (χ4v) is 4.24. The van der Waals surface area contributed by atoms with Gasteiger partial charge in [-0.15, -0.1) is 0 Å². The smallest absolute Gasteiger partial charge is 0.0247 e. The van der Waals surface area contributed by atoms with Gasteiger partial charge >= 0.3 is 0 Å². The van der Waals surface area contributed by atoms with E-state index in [1.165, 1.54) is 51.6 Å². The van der Waals surface area contributed by atoms with Crippen LogP contribution in [-0.4, -0.2) is 36.1 Å². The summed E-state index contributed by atoms with van der Waals surface area (Å²) in [6, 6.07) is 2.45. The van der Waals surface area contributed by atoms with E-state index in [0.717, 1.165) is 35.9 Å².